The van der Waals surface area contributed by atoms with Gasteiger partial charge in [0.15, 0.2) is 0 Å². The fourth-order valence-corrected chi connectivity index (χ4v) is 4.93. The van der Waals surface area contributed by atoms with E-state index in [1.54, 1.807) is 6.20 Å². The van der Waals surface area contributed by atoms with Crippen LogP contribution in [0.15, 0.2) is 85.2 Å². The monoisotopic (exact) mass is 438 g/mol. The second-order valence-corrected chi connectivity index (χ2v) is 8.54. The number of alkyl halides is 1. The molecule has 0 saturated carbocycles. The van der Waals surface area contributed by atoms with Crippen LogP contribution in [-0.4, -0.2) is 15.8 Å². The van der Waals surface area contributed by atoms with E-state index in [4.69, 9.17) is 11.6 Å². The normalized spacial score (nSPS) is 16.2. The maximum absolute atomic E-state index is 12.3. The number of carbonyl (C=O) groups is 1. The Morgan fingerprint density at radius 3 is 2.12 bits per heavy atom. The van der Waals surface area contributed by atoms with Crippen molar-refractivity contribution >= 4 is 17.4 Å². The Hall–Kier alpha value is -3.30. The molecule has 2 aliphatic rings. The zero-order chi connectivity index (χ0) is 21.9. The molecule has 2 aromatic heterocycles. The Balaban J connectivity index is 0.000000135. The minimum Gasteiger partial charge on any atom is -0.287 e. The molecule has 1 unspecified atom stereocenters. The SMILES string of the molecule is ClC1c2ccccc2CCc2cccnc21.O=C1c2ccccc2CCc2cccnc21. The summed E-state index contributed by atoms with van der Waals surface area (Å²) in [4.78, 5) is 20.9. The van der Waals surface area contributed by atoms with Gasteiger partial charge in [-0.2, -0.15) is 0 Å². The number of pyridine rings is 2. The molecule has 0 amide bonds. The van der Waals surface area contributed by atoms with Gasteiger partial charge < -0.3 is 0 Å². The summed E-state index contributed by atoms with van der Waals surface area (Å²) in [5.74, 6) is 0.0590. The van der Waals surface area contributed by atoms with E-state index in [0.717, 1.165) is 48.1 Å². The molecular formula is C28H23ClN2O. The molecule has 1 atom stereocenters. The van der Waals surface area contributed by atoms with Crippen molar-refractivity contribution in [1.29, 1.82) is 0 Å². The molecule has 2 heterocycles. The predicted molar refractivity (Wildman–Crippen MR) is 127 cm³/mol. The third-order valence-electron chi connectivity index (χ3n) is 6.19. The third-order valence-corrected chi connectivity index (χ3v) is 6.63. The minimum absolute atomic E-state index is 0.0590. The maximum Gasteiger partial charge on any atom is 0.211 e. The fraction of sp³-hybridized carbons (Fsp3) is 0.179. The molecule has 0 fully saturated rings. The number of aromatic nitrogens is 2. The van der Waals surface area contributed by atoms with Gasteiger partial charge in [0, 0.05) is 18.0 Å². The third kappa shape index (κ3) is 3.96. The van der Waals surface area contributed by atoms with E-state index in [2.05, 4.69) is 34.2 Å². The fourth-order valence-electron chi connectivity index (χ4n) is 4.52. The first-order valence-electron chi connectivity index (χ1n) is 10.9. The second kappa shape index (κ2) is 9.05. The second-order valence-electron chi connectivity index (χ2n) is 8.11. The highest BCUT2D eigenvalue weighted by atomic mass is 35.5. The number of fused-ring (bicyclic) bond motifs is 4. The number of carbonyl (C=O) groups excluding carboxylic acids is 1. The highest BCUT2D eigenvalue weighted by Gasteiger charge is 2.22. The van der Waals surface area contributed by atoms with Crippen molar-refractivity contribution in [2.75, 3.05) is 0 Å². The first-order chi connectivity index (χ1) is 15.7. The van der Waals surface area contributed by atoms with Crippen LogP contribution >= 0.6 is 11.6 Å². The van der Waals surface area contributed by atoms with Gasteiger partial charge in [-0.1, -0.05) is 60.7 Å². The van der Waals surface area contributed by atoms with Gasteiger partial charge in [0.2, 0.25) is 5.78 Å². The summed E-state index contributed by atoms with van der Waals surface area (Å²) in [7, 11) is 0. The van der Waals surface area contributed by atoms with Crippen LogP contribution in [0, 0.1) is 0 Å². The number of ketones is 1. The van der Waals surface area contributed by atoms with Crippen molar-refractivity contribution in [3.8, 4) is 0 Å². The molecule has 0 aliphatic heterocycles. The van der Waals surface area contributed by atoms with E-state index in [1.165, 1.54) is 16.7 Å². The lowest BCUT2D eigenvalue weighted by Gasteiger charge is -2.11. The van der Waals surface area contributed by atoms with E-state index < -0.39 is 0 Å². The van der Waals surface area contributed by atoms with Gasteiger partial charge in [-0.15, -0.1) is 11.6 Å². The molecule has 2 aliphatic carbocycles. The average Bonchev–Trinajstić information content (AvgIpc) is 3.09. The van der Waals surface area contributed by atoms with E-state index in [1.807, 2.05) is 54.7 Å². The number of rotatable bonds is 0. The number of halogens is 1. The zero-order valence-electron chi connectivity index (χ0n) is 17.7. The van der Waals surface area contributed by atoms with Crippen molar-refractivity contribution < 1.29 is 4.79 Å². The van der Waals surface area contributed by atoms with Crippen molar-refractivity contribution in [3.63, 3.8) is 0 Å². The van der Waals surface area contributed by atoms with Gasteiger partial charge in [-0.25, -0.2) is 0 Å². The molecule has 0 bridgehead atoms. The largest absolute Gasteiger partial charge is 0.287 e. The van der Waals surface area contributed by atoms with Gasteiger partial charge in [0.25, 0.3) is 0 Å². The molecule has 4 aromatic rings. The molecule has 3 nitrogen and oxygen atoms in total. The summed E-state index contributed by atoms with van der Waals surface area (Å²) in [6.45, 7) is 0. The number of aryl methyl sites for hydroxylation is 4. The minimum atomic E-state index is -0.102. The molecule has 4 heteroatoms. The molecule has 0 spiro atoms. The van der Waals surface area contributed by atoms with Crippen molar-refractivity contribution in [1.82, 2.24) is 9.97 Å². The summed E-state index contributed by atoms with van der Waals surface area (Å²) in [6, 6.07) is 24.2. The first kappa shape index (κ1) is 20.6. The standard InChI is InChI=1S/C14H12ClN.C14H11NO/c15-13-12-6-2-1-4-10(12)7-8-11-5-3-9-16-14(11)13;16-14-12-6-2-1-4-10(12)7-8-11-5-3-9-15-13(11)14/h1-6,9,13H,7-8H2;1-6,9H,7-8H2. The van der Waals surface area contributed by atoms with Crippen LogP contribution in [-0.2, 0) is 25.7 Å². The van der Waals surface area contributed by atoms with Crippen molar-refractivity contribution in [3.05, 3.63) is 130 Å². The van der Waals surface area contributed by atoms with Crippen LogP contribution < -0.4 is 0 Å². The molecule has 6 rings (SSSR count). The summed E-state index contributed by atoms with van der Waals surface area (Å²) in [5.41, 5.74) is 8.47. The molecule has 0 radical (unpaired) electrons. The Kier molecular flexibility index (Phi) is 5.83. The predicted octanol–water partition coefficient (Wildman–Crippen LogP) is 5.92. The Morgan fingerprint density at radius 2 is 1.25 bits per heavy atom. The van der Waals surface area contributed by atoms with Crippen LogP contribution in [0.4, 0.5) is 0 Å². The van der Waals surface area contributed by atoms with E-state index >= 15 is 0 Å². The average molecular weight is 439 g/mol. The summed E-state index contributed by atoms with van der Waals surface area (Å²) >= 11 is 6.52. The van der Waals surface area contributed by atoms with Crippen LogP contribution in [0.2, 0.25) is 0 Å². The van der Waals surface area contributed by atoms with Gasteiger partial charge in [0.05, 0.1) is 5.69 Å². The summed E-state index contributed by atoms with van der Waals surface area (Å²) < 4.78 is 0. The van der Waals surface area contributed by atoms with Gasteiger partial charge in [-0.05, 0) is 65.6 Å². The van der Waals surface area contributed by atoms with Gasteiger partial charge in [0.1, 0.15) is 11.1 Å². The van der Waals surface area contributed by atoms with Crippen LogP contribution in [0.3, 0.4) is 0 Å². The molecular weight excluding hydrogens is 416 g/mol. The number of hydrogen-bond acceptors (Lipinski definition) is 3. The molecule has 0 N–H and O–H groups in total. The smallest absolute Gasteiger partial charge is 0.211 e. The molecule has 158 valence electrons. The molecule has 0 saturated heterocycles. The number of nitrogens with zero attached hydrogens (tertiary/aromatic N) is 2. The van der Waals surface area contributed by atoms with Crippen LogP contribution in [0.5, 0.6) is 0 Å². The summed E-state index contributed by atoms with van der Waals surface area (Å²) in [5, 5.41) is -0.102. The van der Waals surface area contributed by atoms with Gasteiger partial charge >= 0.3 is 0 Å². The Morgan fingerprint density at radius 1 is 0.656 bits per heavy atom. The first-order valence-corrected chi connectivity index (χ1v) is 11.4. The van der Waals surface area contributed by atoms with E-state index in [9.17, 15) is 4.79 Å². The van der Waals surface area contributed by atoms with E-state index in [0.29, 0.717) is 5.69 Å². The number of benzene rings is 2. The molecule has 32 heavy (non-hydrogen) atoms. The highest BCUT2D eigenvalue weighted by Crippen LogP contribution is 2.35. The van der Waals surface area contributed by atoms with Gasteiger partial charge in [-0.3, -0.25) is 14.8 Å². The van der Waals surface area contributed by atoms with Crippen molar-refractivity contribution in [2.45, 2.75) is 31.1 Å². The highest BCUT2D eigenvalue weighted by molar-refractivity contribution is 6.22. The van der Waals surface area contributed by atoms with Crippen LogP contribution in [0.1, 0.15) is 54.9 Å². The quantitative estimate of drug-likeness (QED) is 0.320. The Labute approximate surface area is 193 Å². The maximum atomic E-state index is 12.3. The van der Waals surface area contributed by atoms with Crippen LogP contribution in [0.25, 0.3) is 0 Å². The lowest BCUT2D eigenvalue weighted by atomic mass is 10.0. The van der Waals surface area contributed by atoms with Crippen molar-refractivity contribution in [2.24, 2.45) is 0 Å². The topological polar surface area (TPSA) is 42.9 Å². The lowest BCUT2D eigenvalue weighted by Crippen LogP contribution is -2.06. The number of hydrogen-bond donors (Lipinski definition) is 0. The zero-order valence-corrected chi connectivity index (χ0v) is 18.4. The van der Waals surface area contributed by atoms with E-state index in [-0.39, 0.29) is 11.2 Å². The Bertz CT molecular complexity index is 1190. The lowest BCUT2D eigenvalue weighted by molar-refractivity contribution is 0.103. The molecule has 2 aromatic carbocycles. The summed E-state index contributed by atoms with van der Waals surface area (Å²) in [6.07, 6.45) is 7.40.